The molecule has 0 spiro atoms. The van der Waals surface area contributed by atoms with Crippen molar-refractivity contribution in [1.82, 2.24) is 15.1 Å². The Morgan fingerprint density at radius 3 is 2.41 bits per heavy atom. The van der Waals surface area contributed by atoms with Crippen LogP contribution in [0.25, 0.3) is 0 Å². The third-order valence-corrected chi connectivity index (χ3v) is 10.4. The van der Waals surface area contributed by atoms with Crippen molar-refractivity contribution in [3.63, 3.8) is 0 Å². The van der Waals surface area contributed by atoms with Crippen LogP contribution in [0, 0.1) is 0 Å². The van der Waals surface area contributed by atoms with Crippen LogP contribution in [0.15, 0.2) is 59.7 Å². The molecule has 5 N–H and O–H groups in total. The molecule has 0 aliphatic carbocycles. The molecule has 3 saturated heterocycles. The molecule has 49 heavy (non-hydrogen) atoms. The summed E-state index contributed by atoms with van der Waals surface area (Å²) in [6.07, 6.45) is 3.96. The van der Waals surface area contributed by atoms with Crippen LogP contribution in [0.2, 0.25) is 0 Å². The highest BCUT2D eigenvalue weighted by molar-refractivity contribution is 5.87. The highest BCUT2D eigenvalue weighted by Gasteiger charge is 2.71. The van der Waals surface area contributed by atoms with Crippen molar-refractivity contribution in [2.75, 3.05) is 40.3 Å². The van der Waals surface area contributed by atoms with Crippen LogP contribution in [0.1, 0.15) is 70.9 Å². The number of likely N-dealkylation sites (N-methyl/N-ethyl adjacent to an activating group) is 1. The zero-order chi connectivity index (χ0) is 36.1. The smallest absolute Gasteiger partial charge is 0.242 e. The van der Waals surface area contributed by atoms with Crippen molar-refractivity contribution in [1.29, 1.82) is 0 Å². The molecule has 272 valence electrons. The molecule has 1 unspecified atom stereocenters. The summed E-state index contributed by atoms with van der Waals surface area (Å²) in [6, 6.07) is 7.99. The lowest BCUT2D eigenvalue weighted by Crippen LogP contribution is -2.71. The molecule has 3 aliphatic rings. The number of aliphatic hydroxyl groups is 4. The molecule has 11 heteroatoms. The number of carbonyl (C=O) groups is 2. The summed E-state index contributed by atoms with van der Waals surface area (Å²) in [5.74, 6) is -1.81. The fourth-order valence-corrected chi connectivity index (χ4v) is 6.88. The van der Waals surface area contributed by atoms with Gasteiger partial charge in [0.15, 0.2) is 5.60 Å². The van der Waals surface area contributed by atoms with Gasteiger partial charge in [-0.1, -0.05) is 54.1 Å². The lowest BCUT2D eigenvalue weighted by Gasteiger charge is -2.50. The van der Waals surface area contributed by atoms with Crippen molar-refractivity contribution < 1.29 is 39.5 Å². The predicted octanol–water partition coefficient (Wildman–Crippen LogP) is 2.41. The third kappa shape index (κ3) is 8.53. The lowest BCUT2D eigenvalue weighted by molar-refractivity contribution is -0.326. The summed E-state index contributed by atoms with van der Waals surface area (Å²) in [7, 11) is 3.93. The Morgan fingerprint density at radius 1 is 1.08 bits per heavy atom. The minimum Gasteiger partial charge on any atom is -0.387 e. The number of rotatable bonds is 14. The number of nitrogens with zero attached hydrogens (tertiary/aromatic N) is 2. The molecule has 2 bridgehead atoms. The standard InChI is InChI=1S/C38H57N3O8/c1-25(14-15-27(3)38-34(45)32(43)33(44)37(49-38,24-48-38)36(4,5)47)26(2)23-29-18-16-28(17-19-29)11-10-13-31(42)41-21-9-8-12-30(41)35(46)39-20-22-40(6)7/h14-19,30,32-34,43-45,47H,3,8-13,20-24H2,1-2,4-7H3,(H,39,46)/b15-14-,26-25+/t30?,32-,33-,34+,37-,38-/m0/s1. The van der Waals surface area contributed by atoms with Crippen LogP contribution in [-0.4, -0.2) is 124 Å². The zero-order valence-electron chi connectivity index (χ0n) is 30.1. The van der Waals surface area contributed by atoms with E-state index < -0.39 is 35.3 Å². The average molecular weight is 684 g/mol. The molecule has 11 nitrogen and oxygen atoms in total. The topological polar surface area (TPSA) is 152 Å². The van der Waals surface area contributed by atoms with E-state index in [-0.39, 0.29) is 30.0 Å². The van der Waals surface area contributed by atoms with E-state index in [4.69, 9.17) is 9.47 Å². The maximum atomic E-state index is 13.1. The Morgan fingerprint density at radius 2 is 1.76 bits per heavy atom. The number of allylic oxidation sites excluding steroid dienone is 3. The summed E-state index contributed by atoms with van der Waals surface area (Å²) in [6.45, 7) is 12.7. The number of fused-ring (bicyclic) bond motifs is 2. The van der Waals surface area contributed by atoms with E-state index in [1.54, 1.807) is 11.0 Å². The first kappa shape index (κ1) is 38.9. The summed E-state index contributed by atoms with van der Waals surface area (Å²) in [5, 5.41) is 45.9. The Labute approximate surface area is 291 Å². The Kier molecular flexibility index (Phi) is 12.7. The molecule has 0 aromatic heterocycles. The third-order valence-electron chi connectivity index (χ3n) is 10.4. The fourth-order valence-electron chi connectivity index (χ4n) is 6.88. The Balaban J connectivity index is 1.29. The molecule has 2 amide bonds. The van der Waals surface area contributed by atoms with Crippen molar-refractivity contribution in [2.24, 2.45) is 0 Å². The molecule has 1 aromatic carbocycles. The highest BCUT2D eigenvalue weighted by atomic mass is 16.8. The number of benzene rings is 1. The van der Waals surface area contributed by atoms with E-state index in [2.05, 4.69) is 36.2 Å². The summed E-state index contributed by atoms with van der Waals surface area (Å²) in [4.78, 5) is 29.7. The number of likely N-dealkylation sites (tertiary alicyclic amines) is 1. The lowest BCUT2D eigenvalue weighted by atomic mass is 9.75. The van der Waals surface area contributed by atoms with Crippen molar-refractivity contribution in [3.05, 3.63) is 70.8 Å². The van der Waals surface area contributed by atoms with Gasteiger partial charge in [0.1, 0.15) is 24.4 Å². The van der Waals surface area contributed by atoms with Crippen LogP contribution in [0.5, 0.6) is 0 Å². The number of amides is 2. The molecule has 0 saturated carbocycles. The van der Waals surface area contributed by atoms with Gasteiger partial charge in [0.25, 0.3) is 0 Å². The SMILES string of the molecule is C=C(/C=C\C(C)=C(/C)Cc1ccc(CCCC(=O)N2CCCCC2C(=O)NCCN(C)C)cc1)[C@]12OC[C@](C(C)(C)O)(O1)[C@@H](O)[C@H](O)[C@H]2O. The minimum atomic E-state index is -1.81. The quantitative estimate of drug-likeness (QED) is 0.186. The van der Waals surface area contributed by atoms with Crippen molar-refractivity contribution in [3.8, 4) is 0 Å². The molecule has 0 radical (unpaired) electrons. The van der Waals surface area contributed by atoms with Gasteiger partial charge in [0, 0.05) is 31.6 Å². The fraction of sp³-hybridized carbons (Fsp3) is 0.632. The number of piperidine rings is 1. The van der Waals surface area contributed by atoms with Crippen LogP contribution in [0.3, 0.4) is 0 Å². The second-order valence-corrected chi connectivity index (χ2v) is 14.7. The van der Waals surface area contributed by atoms with Gasteiger partial charge in [-0.05, 0) is 91.4 Å². The maximum absolute atomic E-state index is 13.1. The molecule has 4 rings (SSSR count). The second-order valence-electron chi connectivity index (χ2n) is 14.7. The largest absolute Gasteiger partial charge is 0.387 e. The van der Waals surface area contributed by atoms with E-state index in [1.165, 1.54) is 13.8 Å². The van der Waals surface area contributed by atoms with E-state index in [0.29, 0.717) is 38.8 Å². The normalized spacial score (nSPS) is 29.3. The van der Waals surface area contributed by atoms with Gasteiger partial charge in [-0.3, -0.25) is 9.59 Å². The van der Waals surface area contributed by atoms with Crippen LogP contribution >= 0.6 is 0 Å². The van der Waals surface area contributed by atoms with Crippen molar-refractivity contribution in [2.45, 2.75) is 114 Å². The van der Waals surface area contributed by atoms with Crippen molar-refractivity contribution >= 4 is 11.8 Å². The summed E-state index contributed by atoms with van der Waals surface area (Å²) in [5.41, 5.74) is 1.42. The van der Waals surface area contributed by atoms with E-state index >= 15 is 0 Å². The Hall–Kier alpha value is -2.90. The molecular formula is C38H57N3O8. The first-order valence-corrected chi connectivity index (χ1v) is 17.5. The van der Waals surface area contributed by atoms with Crippen LogP contribution < -0.4 is 5.32 Å². The monoisotopic (exact) mass is 683 g/mol. The van der Waals surface area contributed by atoms with E-state index in [9.17, 15) is 30.0 Å². The number of hydrogen-bond acceptors (Lipinski definition) is 9. The molecule has 1 aromatic rings. The first-order valence-electron chi connectivity index (χ1n) is 17.5. The molecular weight excluding hydrogens is 626 g/mol. The molecule has 6 atom stereocenters. The van der Waals surface area contributed by atoms with E-state index in [1.807, 2.05) is 38.9 Å². The summed E-state index contributed by atoms with van der Waals surface area (Å²) >= 11 is 0. The van der Waals surface area contributed by atoms with Gasteiger partial charge in [-0.2, -0.15) is 0 Å². The number of ether oxygens (including phenoxy) is 2. The van der Waals surface area contributed by atoms with E-state index in [0.717, 1.165) is 48.1 Å². The van der Waals surface area contributed by atoms with Gasteiger partial charge in [-0.15, -0.1) is 0 Å². The molecule has 3 fully saturated rings. The van der Waals surface area contributed by atoms with Crippen LogP contribution in [0.4, 0.5) is 0 Å². The minimum absolute atomic E-state index is 0.0463. The number of aryl methyl sites for hydroxylation is 1. The van der Waals surface area contributed by atoms with Crippen LogP contribution in [-0.2, 0) is 31.9 Å². The Bertz CT molecular complexity index is 1400. The summed E-state index contributed by atoms with van der Waals surface area (Å²) < 4.78 is 11.9. The van der Waals surface area contributed by atoms with Gasteiger partial charge >= 0.3 is 0 Å². The van der Waals surface area contributed by atoms with Gasteiger partial charge in [0.2, 0.25) is 17.6 Å². The number of nitrogens with one attached hydrogen (secondary N) is 1. The number of hydrogen-bond donors (Lipinski definition) is 5. The second kappa shape index (κ2) is 16.0. The van der Waals surface area contributed by atoms with Gasteiger partial charge < -0.3 is 45.0 Å². The van der Waals surface area contributed by atoms with Gasteiger partial charge in [0.05, 0.1) is 12.2 Å². The first-order chi connectivity index (χ1) is 23.0. The predicted molar refractivity (Wildman–Crippen MR) is 187 cm³/mol. The van der Waals surface area contributed by atoms with Gasteiger partial charge in [-0.25, -0.2) is 0 Å². The maximum Gasteiger partial charge on any atom is 0.242 e. The highest BCUT2D eigenvalue weighted by Crippen LogP contribution is 2.51. The number of carbonyl (C=O) groups excluding carboxylic acids is 2. The molecule has 3 heterocycles. The average Bonchev–Trinajstić information content (AvgIpc) is 3.47. The zero-order valence-corrected chi connectivity index (χ0v) is 30.1. The number of aliphatic hydroxyl groups excluding tert-OH is 3. The molecule has 3 aliphatic heterocycles.